The van der Waals surface area contributed by atoms with E-state index in [4.69, 9.17) is 5.73 Å². The van der Waals surface area contributed by atoms with Gasteiger partial charge in [0.15, 0.2) is 0 Å². The van der Waals surface area contributed by atoms with Crippen molar-refractivity contribution in [2.24, 2.45) is 0 Å². The van der Waals surface area contributed by atoms with Crippen molar-refractivity contribution in [2.45, 2.75) is 32.7 Å². The minimum Gasteiger partial charge on any atom is -0.399 e. The molecular weight excluding hydrogens is 250 g/mol. The third-order valence-electron chi connectivity index (χ3n) is 4.14. The second-order valence-electron chi connectivity index (χ2n) is 5.85. The number of hydrogen-bond acceptors (Lipinski definition) is 3. The number of piperazine rings is 1. The van der Waals surface area contributed by atoms with Crippen LogP contribution >= 0.6 is 0 Å². The van der Waals surface area contributed by atoms with E-state index in [0.29, 0.717) is 11.7 Å². The average molecular weight is 275 g/mol. The summed E-state index contributed by atoms with van der Waals surface area (Å²) in [5.74, 6) is 0.0862. The van der Waals surface area contributed by atoms with Gasteiger partial charge in [-0.15, -0.1) is 0 Å². The molecule has 1 fully saturated rings. The van der Waals surface area contributed by atoms with Gasteiger partial charge >= 0.3 is 0 Å². The van der Waals surface area contributed by atoms with Gasteiger partial charge in [-0.25, -0.2) is 0 Å². The monoisotopic (exact) mass is 275 g/mol. The van der Waals surface area contributed by atoms with Gasteiger partial charge in [-0.05, 0) is 38.5 Å². The lowest BCUT2D eigenvalue weighted by atomic mass is 9.99. The Kier molecular flexibility index (Phi) is 4.65. The number of amides is 1. The lowest BCUT2D eigenvalue weighted by molar-refractivity contribution is -0.134. The van der Waals surface area contributed by atoms with Gasteiger partial charge in [0.1, 0.15) is 0 Å². The first-order valence-electron chi connectivity index (χ1n) is 7.37. The molecule has 0 radical (unpaired) electrons. The summed E-state index contributed by atoms with van der Waals surface area (Å²) in [5.41, 5.74) is 7.51. The Morgan fingerprint density at radius 1 is 1.15 bits per heavy atom. The Morgan fingerprint density at radius 2 is 1.80 bits per heavy atom. The summed E-state index contributed by atoms with van der Waals surface area (Å²) in [7, 11) is 0. The Morgan fingerprint density at radius 3 is 2.35 bits per heavy atom. The van der Waals surface area contributed by atoms with Crippen LogP contribution in [0.5, 0.6) is 0 Å². The fraction of sp³-hybridized carbons (Fsp3) is 0.562. The molecule has 1 aromatic carbocycles. The zero-order chi connectivity index (χ0) is 14.7. The number of hydrogen-bond donors (Lipinski definition) is 1. The van der Waals surface area contributed by atoms with E-state index in [1.165, 1.54) is 0 Å². The van der Waals surface area contributed by atoms with Crippen molar-refractivity contribution in [3.63, 3.8) is 0 Å². The number of nitrogens with two attached hydrogens (primary N) is 1. The third kappa shape index (κ3) is 3.31. The van der Waals surface area contributed by atoms with Crippen LogP contribution in [-0.4, -0.2) is 47.9 Å². The summed E-state index contributed by atoms with van der Waals surface area (Å²) in [4.78, 5) is 16.9. The molecule has 1 unspecified atom stereocenters. The molecule has 1 aliphatic rings. The van der Waals surface area contributed by atoms with Crippen LogP contribution in [0.3, 0.4) is 0 Å². The Balaban J connectivity index is 1.98. The molecule has 0 spiro atoms. The second-order valence-corrected chi connectivity index (χ2v) is 5.85. The molecule has 0 saturated carbocycles. The topological polar surface area (TPSA) is 49.6 Å². The van der Waals surface area contributed by atoms with E-state index in [1.54, 1.807) is 0 Å². The van der Waals surface area contributed by atoms with Gasteiger partial charge in [0, 0.05) is 37.9 Å². The highest BCUT2D eigenvalue weighted by molar-refractivity contribution is 5.83. The zero-order valence-electron chi connectivity index (χ0n) is 12.7. The molecule has 20 heavy (non-hydrogen) atoms. The maximum atomic E-state index is 12.6. The third-order valence-corrected chi connectivity index (χ3v) is 4.14. The maximum absolute atomic E-state index is 12.6. The highest BCUT2D eigenvalue weighted by Gasteiger charge is 2.26. The molecule has 1 aromatic rings. The summed E-state index contributed by atoms with van der Waals surface area (Å²) in [6.45, 7) is 9.94. The van der Waals surface area contributed by atoms with Crippen LogP contribution < -0.4 is 5.73 Å². The number of carbonyl (C=O) groups excluding carboxylic acids is 1. The van der Waals surface area contributed by atoms with Gasteiger partial charge in [0.05, 0.1) is 5.92 Å². The summed E-state index contributed by atoms with van der Waals surface area (Å²) < 4.78 is 0. The predicted molar refractivity (Wildman–Crippen MR) is 82.6 cm³/mol. The Hall–Kier alpha value is -1.55. The SMILES string of the molecule is CC(C(=O)N1CCN(C(C)C)CC1)c1cccc(N)c1. The zero-order valence-corrected chi connectivity index (χ0v) is 12.7. The van der Waals surface area contributed by atoms with Crippen LogP contribution in [0.4, 0.5) is 5.69 Å². The van der Waals surface area contributed by atoms with Crippen molar-refractivity contribution in [3.8, 4) is 0 Å². The summed E-state index contributed by atoms with van der Waals surface area (Å²) in [6.07, 6.45) is 0. The summed E-state index contributed by atoms with van der Waals surface area (Å²) in [5, 5.41) is 0. The fourth-order valence-electron chi connectivity index (χ4n) is 2.70. The van der Waals surface area contributed by atoms with Crippen molar-refractivity contribution in [3.05, 3.63) is 29.8 Å². The molecule has 1 amide bonds. The van der Waals surface area contributed by atoms with E-state index in [0.717, 1.165) is 31.7 Å². The second kappa shape index (κ2) is 6.27. The first-order chi connectivity index (χ1) is 9.49. The number of rotatable bonds is 3. The highest BCUT2D eigenvalue weighted by atomic mass is 16.2. The lowest BCUT2D eigenvalue weighted by Gasteiger charge is -2.38. The highest BCUT2D eigenvalue weighted by Crippen LogP contribution is 2.21. The number of anilines is 1. The van der Waals surface area contributed by atoms with Crippen molar-refractivity contribution >= 4 is 11.6 Å². The molecule has 0 aliphatic carbocycles. The smallest absolute Gasteiger partial charge is 0.229 e. The van der Waals surface area contributed by atoms with Crippen LogP contribution in [-0.2, 0) is 4.79 Å². The van der Waals surface area contributed by atoms with Gasteiger partial charge in [0.2, 0.25) is 5.91 Å². The molecule has 2 N–H and O–H groups in total. The molecule has 110 valence electrons. The number of nitrogen functional groups attached to an aromatic ring is 1. The number of nitrogens with zero attached hydrogens (tertiary/aromatic N) is 2. The minimum absolute atomic E-state index is 0.121. The molecule has 0 aromatic heterocycles. The number of benzene rings is 1. The van der Waals surface area contributed by atoms with Crippen molar-refractivity contribution in [1.29, 1.82) is 0 Å². The Labute approximate surface area is 121 Å². The van der Waals surface area contributed by atoms with Gasteiger partial charge in [-0.3, -0.25) is 9.69 Å². The normalized spacial score (nSPS) is 18.3. The van der Waals surface area contributed by atoms with E-state index >= 15 is 0 Å². The summed E-state index contributed by atoms with van der Waals surface area (Å²) in [6, 6.07) is 8.18. The lowest BCUT2D eigenvalue weighted by Crippen LogP contribution is -2.51. The van der Waals surface area contributed by atoms with Gasteiger partial charge in [-0.1, -0.05) is 12.1 Å². The first-order valence-corrected chi connectivity index (χ1v) is 7.37. The van der Waals surface area contributed by atoms with Crippen molar-refractivity contribution < 1.29 is 4.79 Å². The molecule has 0 bridgehead atoms. The average Bonchev–Trinajstić information content (AvgIpc) is 2.46. The molecular formula is C16H25N3O. The van der Waals surface area contributed by atoms with Crippen LogP contribution in [0.2, 0.25) is 0 Å². The largest absolute Gasteiger partial charge is 0.399 e. The van der Waals surface area contributed by atoms with Gasteiger partial charge in [-0.2, -0.15) is 0 Å². The van der Waals surface area contributed by atoms with Gasteiger partial charge < -0.3 is 10.6 Å². The van der Waals surface area contributed by atoms with Crippen LogP contribution in [0.25, 0.3) is 0 Å². The van der Waals surface area contributed by atoms with Crippen molar-refractivity contribution in [2.75, 3.05) is 31.9 Å². The predicted octanol–water partition coefficient (Wildman–Crippen LogP) is 1.92. The van der Waals surface area contributed by atoms with Crippen LogP contribution in [0, 0.1) is 0 Å². The van der Waals surface area contributed by atoms with Crippen LogP contribution in [0.1, 0.15) is 32.3 Å². The molecule has 1 heterocycles. The van der Waals surface area contributed by atoms with E-state index in [2.05, 4.69) is 18.7 Å². The molecule has 4 nitrogen and oxygen atoms in total. The molecule has 1 saturated heterocycles. The maximum Gasteiger partial charge on any atom is 0.229 e. The van der Waals surface area contributed by atoms with E-state index in [-0.39, 0.29) is 11.8 Å². The quantitative estimate of drug-likeness (QED) is 0.858. The fourth-order valence-corrected chi connectivity index (χ4v) is 2.70. The molecule has 4 heteroatoms. The first kappa shape index (κ1) is 14.9. The molecule has 1 atom stereocenters. The minimum atomic E-state index is -0.121. The van der Waals surface area contributed by atoms with E-state index in [1.807, 2.05) is 36.1 Å². The van der Waals surface area contributed by atoms with E-state index < -0.39 is 0 Å². The Bertz CT molecular complexity index is 465. The van der Waals surface area contributed by atoms with E-state index in [9.17, 15) is 4.79 Å². The summed E-state index contributed by atoms with van der Waals surface area (Å²) >= 11 is 0. The standard InChI is InChI=1S/C16H25N3O/c1-12(2)18-7-9-19(10-8-18)16(20)13(3)14-5-4-6-15(17)11-14/h4-6,11-13H,7-10,17H2,1-3H3. The van der Waals surface area contributed by atoms with Gasteiger partial charge in [0.25, 0.3) is 0 Å². The van der Waals surface area contributed by atoms with Crippen molar-refractivity contribution in [1.82, 2.24) is 9.80 Å². The molecule has 1 aliphatic heterocycles. The number of carbonyl (C=O) groups is 1. The van der Waals surface area contributed by atoms with Crippen LogP contribution in [0.15, 0.2) is 24.3 Å². The molecule has 2 rings (SSSR count).